The zero-order valence-corrected chi connectivity index (χ0v) is 23.3. The molecule has 1 aromatic heterocycles. The Morgan fingerprint density at radius 3 is 2.52 bits per heavy atom. The van der Waals surface area contributed by atoms with Crippen molar-refractivity contribution in [2.45, 2.75) is 46.1 Å². The fraction of sp³-hybridized carbons (Fsp3) is 0.219. The van der Waals surface area contributed by atoms with Gasteiger partial charge in [-0.3, -0.25) is 15.1 Å². The molecular weight excluding hydrogens is 526 g/mol. The molecule has 0 saturated carbocycles. The number of halogens is 1. The molecule has 0 fully saturated rings. The molecule has 0 aliphatic heterocycles. The lowest BCUT2D eigenvalue weighted by Crippen LogP contribution is -2.46. The van der Waals surface area contributed by atoms with Gasteiger partial charge in [-0.15, -0.1) is 0 Å². The van der Waals surface area contributed by atoms with Gasteiger partial charge < -0.3 is 14.6 Å². The predicted molar refractivity (Wildman–Crippen MR) is 154 cm³/mol. The Labute approximate surface area is 239 Å². The molecule has 0 spiro atoms. The number of hydrogen-bond donors (Lipinski definition) is 2. The molecule has 40 heavy (non-hydrogen) atoms. The van der Waals surface area contributed by atoms with Crippen molar-refractivity contribution in [2.24, 2.45) is 0 Å². The van der Waals surface area contributed by atoms with Crippen LogP contribution in [0.15, 0.2) is 79.1 Å². The predicted octanol–water partition coefficient (Wildman–Crippen LogP) is 6.69. The summed E-state index contributed by atoms with van der Waals surface area (Å²) in [5.41, 5.74) is 5.07. The van der Waals surface area contributed by atoms with Gasteiger partial charge in [0, 0.05) is 36.1 Å². The first kappa shape index (κ1) is 28.6. The zero-order valence-electron chi connectivity index (χ0n) is 22.6. The maximum Gasteiger partial charge on any atom is 0.323 e. The van der Waals surface area contributed by atoms with Crippen LogP contribution in [0.5, 0.6) is 11.5 Å². The van der Waals surface area contributed by atoms with Crippen molar-refractivity contribution in [3.63, 3.8) is 0 Å². The van der Waals surface area contributed by atoms with Crippen molar-refractivity contribution in [2.75, 3.05) is 0 Å². The second kappa shape index (κ2) is 12.6. The summed E-state index contributed by atoms with van der Waals surface area (Å²) >= 11 is 6.63. The van der Waals surface area contributed by atoms with Crippen molar-refractivity contribution in [1.29, 1.82) is 5.26 Å². The van der Waals surface area contributed by atoms with E-state index in [9.17, 15) is 15.2 Å². The number of benzene rings is 3. The summed E-state index contributed by atoms with van der Waals surface area (Å²) in [5, 5.41) is 22.2. The van der Waals surface area contributed by atoms with Crippen LogP contribution in [-0.4, -0.2) is 21.6 Å². The van der Waals surface area contributed by atoms with E-state index >= 15 is 0 Å². The highest BCUT2D eigenvalue weighted by atomic mass is 35.5. The van der Waals surface area contributed by atoms with Gasteiger partial charge in [0.05, 0.1) is 16.7 Å². The first-order valence-corrected chi connectivity index (χ1v) is 13.1. The quantitative estimate of drug-likeness (QED) is 0.212. The van der Waals surface area contributed by atoms with Crippen molar-refractivity contribution in [3.05, 3.63) is 112 Å². The molecular formula is C32H30ClN3O4. The van der Waals surface area contributed by atoms with Gasteiger partial charge in [-0.1, -0.05) is 48.0 Å². The van der Waals surface area contributed by atoms with Crippen LogP contribution in [0, 0.1) is 18.3 Å². The number of pyridine rings is 1. The van der Waals surface area contributed by atoms with Gasteiger partial charge in [-0.25, -0.2) is 0 Å². The van der Waals surface area contributed by atoms with E-state index in [0.29, 0.717) is 27.6 Å². The Hall–Kier alpha value is -4.38. The highest BCUT2D eigenvalue weighted by molar-refractivity contribution is 6.32. The maximum atomic E-state index is 11.6. The Kier molecular flexibility index (Phi) is 9.05. The van der Waals surface area contributed by atoms with E-state index in [-0.39, 0.29) is 19.8 Å². The highest BCUT2D eigenvalue weighted by Gasteiger charge is 2.27. The third-order valence-electron chi connectivity index (χ3n) is 6.62. The minimum absolute atomic E-state index is 0.207. The summed E-state index contributed by atoms with van der Waals surface area (Å²) in [6, 6.07) is 22.7. The number of aromatic nitrogens is 1. The summed E-state index contributed by atoms with van der Waals surface area (Å²) in [5.74, 6) is -0.0376. The molecule has 0 bridgehead atoms. The minimum atomic E-state index is -1.16. The minimum Gasteiger partial charge on any atom is -0.488 e. The number of carbonyl (C=O) groups is 1. The molecule has 0 radical (unpaired) electrons. The molecule has 4 rings (SSSR count). The van der Waals surface area contributed by atoms with Crippen LogP contribution in [0.3, 0.4) is 0 Å². The van der Waals surface area contributed by atoms with E-state index in [2.05, 4.69) is 22.4 Å². The van der Waals surface area contributed by atoms with Gasteiger partial charge >= 0.3 is 5.97 Å². The van der Waals surface area contributed by atoms with E-state index in [1.165, 1.54) is 0 Å². The Morgan fingerprint density at radius 2 is 1.80 bits per heavy atom. The van der Waals surface area contributed by atoms with Crippen LogP contribution in [0.4, 0.5) is 0 Å². The Bertz CT molecular complexity index is 1550. The molecule has 0 unspecified atom stereocenters. The molecule has 4 aromatic rings. The second-order valence-corrected chi connectivity index (χ2v) is 10.3. The number of hydrogen-bond acceptors (Lipinski definition) is 6. The summed E-state index contributed by atoms with van der Waals surface area (Å²) in [6.45, 7) is 5.92. The first-order valence-electron chi connectivity index (χ1n) is 12.7. The van der Waals surface area contributed by atoms with E-state index in [0.717, 1.165) is 27.8 Å². The lowest BCUT2D eigenvalue weighted by atomic mass is 9.98. The van der Waals surface area contributed by atoms with E-state index < -0.39 is 11.5 Å². The van der Waals surface area contributed by atoms with Gasteiger partial charge in [0.1, 0.15) is 30.3 Å². The van der Waals surface area contributed by atoms with Crippen LogP contribution >= 0.6 is 11.6 Å². The number of nitrogens with one attached hydrogen (secondary N) is 1. The lowest BCUT2D eigenvalue weighted by Gasteiger charge is -2.23. The molecule has 0 amide bonds. The van der Waals surface area contributed by atoms with Crippen LogP contribution in [-0.2, 0) is 24.6 Å². The average Bonchev–Trinajstić information content (AvgIpc) is 2.96. The first-order chi connectivity index (χ1) is 19.2. The van der Waals surface area contributed by atoms with Crippen molar-refractivity contribution in [1.82, 2.24) is 10.3 Å². The number of ether oxygens (including phenoxy) is 2. The van der Waals surface area contributed by atoms with Gasteiger partial charge in [0.15, 0.2) is 0 Å². The summed E-state index contributed by atoms with van der Waals surface area (Å²) < 4.78 is 12.3. The summed E-state index contributed by atoms with van der Waals surface area (Å²) in [6.07, 6.45) is 3.58. The fourth-order valence-corrected chi connectivity index (χ4v) is 4.31. The molecule has 0 aliphatic rings. The van der Waals surface area contributed by atoms with Gasteiger partial charge in [-0.05, 0) is 67.3 Å². The topological polar surface area (TPSA) is 104 Å². The third kappa shape index (κ3) is 6.97. The van der Waals surface area contributed by atoms with Gasteiger partial charge in [0.2, 0.25) is 0 Å². The zero-order chi connectivity index (χ0) is 28.7. The molecule has 0 atom stereocenters. The fourth-order valence-electron chi connectivity index (χ4n) is 4.07. The largest absolute Gasteiger partial charge is 0.488 e. The number of carboxylic acid groups (broad SMARTS) is 1. The number of carboxylic acids is 1. The molecule has 204 valence electrons. The number of nitrogens with zero attached hydrogens (tertiary/aromatic N) is 2. The van der Waals surface area contributed by atoms with Crippen molar-refractivity contribution >= 4 is 17.6 Å². The van der Waals surface area contributed by atoms with Crippen LogP contribution in [0.2, 0.25) is 5.02 Å². The molecule has 0 aliphatic carbocycles. The summed E-state index contributed by atoms with van der Waals surface area (Å²) in [4.78, 5) is 15.8. The second-order valence-electron chi connectivity index (χ2n) is 9.89. The summed E-state index contributed by atoms with van der Waals surface area (Å²) in [7, 11) is 0. The number of nitriles is 1. The number of rotatable bonds is 11. The van der Waals surface area contributed by atoms with E-state index in [1.807, 2.05) is 43.5 Å². The van der Waals surface area contributed by atoms with Crippen LogP contribution < -0.4 is 14.8 Å². The molecule has 8 heteroatoms. The lowest BCUT2D eigenvalue weighted by molar-refractivity contribution is -0.143. The SMILES string of the molecule is Cc1c(COc2cc(OCc3cccc(C#N)c3)c(CNC(C)(C)C(=O)O)cc2Cl)cccc1-c1cccnc1. The van der Waals surface area contributed by atoms with E-state index in [4.69, 9.17) is 21.1 Å². The smallest absolute Gasteiger partial charge is 0.323 e. The number of aliphatic carboxylic acids is 1. The monoisotopic (exact) mass is 555 g/mol. The van der Waals surface area contributed by atoms with Crippen LogP contribution in [0.25, 0.3) is 11.1 Å². The van der Waals surface area contributed by atoms with Crippen LogP contribution in [0.1, 0.15) is 41.7 Å². The van der Waals surface area contributed by atoms with Crippen molar-refractivity contribution in [3.8, 4) is 28.7 Å². The van der Waals surface area contributed by atoms with Gasteiger partial charge in [-0.2, -0.15) is 5.26 Å². The average molecular weight is 556 g/mol. The normalized spacial score (nSPS) is 11.1. The molecule has 3 aromatic carbocycles. The highest BCUT2D eigenvalue weighted by Crippen LogP contribution is 2.35. The third-order valence-corrected chi connectivity index (χ3v) is 6.92. The molecule has 7 nitrogen and oxygen atoms in total. The maximum absolute atomic E-state index is 11.6. The Balaban J connectivity index is 1.59. The molecule has 1 heterocycles. The van der Waals surface area contributed by atoms with Crippen molar-refractivity contribution < 1.29 is 19.4 Å². The molecule has 0 saturated heterocycles. The van der Waals surface area contributed by atoms with E-state index in [1.54, 1.807) is 50.4 Å². The Morgan fingerprint density at radius 1 is 1.02 bits per heavy atom. The van der Waals surface area contributed by atoms with Gasteiger partial charge in [0.25, 0.3) is 0 Å². The standard InChI is InChI=1S/C32H30ClN3O4/c1-21-25(9-5-11-27(21)24-10-6-12-35-17-24)20-40-30-15-29(39-19-23-8-4-7-22(13-23)16-34)26(14-28(30)33)18-36-32(2,3)31(37)38/h4-15,17,36H,18-20H2,1-3H3,(H,37,38). The molecule has 2 N–H and O–H groups in total.